The van der Waals surface area contributed by atoms with Crippen molar-refractivity contribution >= 4 is 5.82 Å². The van der Waals surface area contributed by atoms with E-state index < -0.39 is 0 Å². The number of nitrogens with zero attached hydrogens (tertiary/aromatic N) is 4. The Morgan fingerprint density at radius 2 is 2.11 bits per heavy atom. The number of nitrogens with two attached hydrogens (primary N) is 1. The molecule has 144 valence electrons. The van der Waals surface area contributed by atoms with Crippen molar-refractivity contribution in [1.82, 2.24) is 25.1 Å². The fourth-order valence-electron chi connectivity index (χ4n) is 4.36. The standard InChI is InChI=1S/C21H24N6O/c1-14(15-2-6-23-7-3-15)28-18-10-16(12-25-20(18)22)17-11-19-21(4-8-24-13-21)5-9-27(19)26-17/h2-3,6-7,10-12,14,24H,4-5,8-9,13H2,1H3,(H2,22,25). The van der Waals surface area contributed by atoms with Gasteiger partial charge in [-0.1, -0.05) is 0 Å². The van der Waals surface area contributed by atoms with Gasteiger partial charge in [0.05, 0.1) is 5.69 Å². The van der Waals surface area contributed by atoms with Gasteiger partial charge in [0.25, 0.3) is 0 Å². The van der Waals surface area contributed by atoms with Crippen LogP contribution in [-0.4, -0.2) is 32.8 Å². The lowest BCUT2D eigenvalue weighted by Crippen LogP contribution is -2.25. The molecule has 2 aliphatic rings. The van der Waals surface area contributed by atoms with E-state index >= 15 is 0 Å². The highest BCUT2D eigenvalue weighted by atomic mass is 16.5. The topological polar surface area (TPSA) is 90.9 Å². The highest BCUT2D eigenvalue weighted by Gasteiger charge is 2.42. The molecular weight excluding hydrogens is 352 g/mol. The van der Waals surface area contributed by atoms with E-state index in [-0.39, 0.29) is 11.5 Å². The second kappa shape index (κ2) is 6.60. The van der Waals surface area contributed by atoms with Crippen LogP contribution >= 0.6 is 0 Å². The van der Waals surface area contributed by atoms with Gasteiger partial charge in [0.2, 0.25) is 0 Å². The van der Waals surface area contributed by atoms with Crippen LogP contribution in [0.5, 0.6) is 5.75 Å². The third kappa shape index (κ3) is 2.82. The van der Waals surface area contributed by atoms with Gasteiger partial charge in [0.15, 0.2) is 11.6 Å². The molecule has 7 nitrogen and oxygen atoms in total. The van der Waals surface area contributed by atoms with Crippen LogP contribution in [0.3, 0.4) is 0 Å². The summed E-state index contributed by atoms with van der Waals surface area (Å²) in [5.74, 6) is 0.958. The Morgan fingerprint density at radius 1 is 1.25 bits per heavy atom. The van der Waals surface area contributed by atoms with E-state index in [2.05, 4.69) is 26.0 Å². The lowest BCUT2D eigenvalue weighted by atomic mass is 9.82. The number of hydrogen-bond donors (Lipinski definition) is 2. The highest BCUT2D eigenvalue weighted by molar-refractivity contribution is 5.64. The van der Waals surface area contributed by atoms with Crippen molar-refractivity contribution in [2.45, 2.75) is 37.8 Å². The van der Waals surface area contributed by atoms with Gasteiger partial charge < -0.3 is 15.8 Å². The number of aryl methyl sites for hydroxylation is 1. The lowest BCUT2D eigenvalue weighted by Gasteiger charge is -2.20. The first-order valence-corrected chi connectivity index (χ1v) is 9.76. The maximum Gasteiger partial charge on any atom is 0.166 e. The van der Waals surface area contributed by atoms with E-state index in [9.17, 15) is 0 Å². The van der Waals surface area contributed by atoms with Gasteiger partial charge in [-0.15, -0.1) is 0 Å². The monoisotopic (exact) mass is 376 g/mol. The molecule has 2 aliphatic heterocycles. The van der Waals surface area contributed by atoms with E-state index in [4.69, 9.17) is 15.6 Å². The average Bonchev–Trinajstić information content (AvgIpc) is 3.43. The smallest absolute Gasteiger partial charge is 0.166 e. The SMILES string of the molecule is CC(Oc1cc(-c2cc3n(n2)CCC32CCNC2)cnc1N)c1ccncc1. The van der Waals surface area contributed by atoms with Gasteiger partial charge in [-0.2, -0.15) is 5.10 Å². The number of rotatable bonds is 4. The summed E-state index contributed by atoms with van der Waals surface area (Å²) in [7, 11) is 0. The summed E-state index contributed by atoms with van der Waals surface area (Å²) in [6.45, 7) is 5.08. The van der Waals surface area contributed by atoms with E-state index in [1.54, 1.807) is 18.6 Å². The van der Waals surface area contributed by atoms with Gasteiger partial charge in [-0.05, 0) is 56.1 Å². The highest BCUT2D eigenvalue weighted by Crippen LogP contribution is 2.41. The zero-order valence-electron chi connectivity index (χ0n) is 15.9. The number of pyridine rings is 2. The fraction of sp³-hybridized carbons (Fsp3) is 0.381. The first kappa shape index (κ1) is 17.2. The second-order valence-corrected chi connectivity index (χ2v) is 7.74. The van der Waals surface area contributed by atoms with Gasteiger partial charge in [-0.25, -0.2) is 4.98 Å². The van der Waals surface area contributed by atoms with Crippen molar-refractivity contribution in [3.8, 4) is 17.0 Å². The predicted molar refractivity (Wildman–Crippen MR) is 107 cm³/mol. The Labute approximate surface area is 164 Å². The molecule has 5 heterocycles. The summed E-state index contributed by atoms with van der Waals surface area (Å²) in [5, 5.41) is 8.34. The second-order valence-electron chi connectivity index (χ2n) is 7.74. The van der Waals surface area contributed by atoms with Gasteiger partial charge >= 0.3 is 0 Å². The number of aromatic nitrogens is 4. The Kier molecular flexibility index (Phi) is 4.05. The molecule has 7 heteroatoms. The van der Waals surface area contributed by atoms with Crippen molar-refractivity contribution in [3.63, 3.8) is 0 Å². The van der Waals surface area contributed by atoms with E-state index in [0.29, 0.717) is 11.6 Å². The third-order valence-electron chi connectivity index (χ3n) is 6.03. The van der Waals surface area contributed by atoms with Crippen LogP contribution in [0.1, 0.15) is 37.1 Å². The minimum atomic E-state index is -0.151. The van der Waals surface area contributed by atoms with E-state index in [1.165, 1.54) is 18.5 Å². The quantitative estimate of drug-likeness (QED) is 0.728. The fourth-order valence-corrected chi connectivity index (χ4v) is 4.36. The number of ether oxygens (including phenoxy) is 1. The van der Waals surface area contributed by atoms with Crippen molar-refractivity contribution < 1.29 is 4.74 Å². The zero-order chi connectivity index (χ0) is 19.1. The Bertz CT molecular complexity index is 993. The third-order valence-corrected chi connectivity index (χ3v) is 6.03. The van der Waals surface area contributed by atoms with Gasteiger partial charge in [0, 0.05) is 48.4 Å². The molecule has 1 spiro atoms. The molecule has 0 bridgehead atoms. The molecule has 28 heavy (non-hydrogen) atoms. The normalized spacial score (nSPS) is 21.8. The maximum absolute atomic E-state index is 6.10. The number of fused-ring (bicyclic) bond motifs is 2. The van der Waals surface area contributed by atoms with Crippen LogP contribution in [0.2, 0.25) is 0 Å². The first-order valence-electron chi connectivity index (χ1n) is 9.76. The molecule has 0 amide bonds. The number of nitrogens with one attached hydrogen (secondary N) is 1. The molecule has 3 N–H and O–H groups in total. The van der Waals surface area contributed by atoms with E-state index in [1.807, 2.05) is 25.1 Å². The Morgan fingerprint density at radius 3 is 2.89 bits per heavy atom. The molecular formula is C21H24N6O. The van der Waals surface area contributed by atoms with Crippen LogP contribution < -0.4 is 15.8 Å². The summed E-state index contributed by atoms with van der Waals surface area (Å²) in [4.78, 5) is 8.41. The molecule has 5 rings (SSSR count). The molecule has 0 saturated carbocycles. The van der Waals surface area contributed by atoms with Crippen LogP contribution in [-0.2, 0) is 12.0 Å². The van der Waals surface area contributed by atoms with Crippen molar-refractivity contribution in [2.75, 3.05) is 18.8 Å². The predicted octanol–water partition coefficient (Wildman–Crippen LogP) is 2.70. The Balaban J connectivity index is 1.44. The van der Waals surface area contributed by atoms with Crippen LogP contribution in [0.25, 0.3) is 11.3 Å². The largest absolute Gasteiger partial charge is 0.482 e. The number of nitrogen functional groups attached to an aromatic ring is 1. The maximum atomic E-state index is 6.10. The van der Waals surface area contributed by atoms with Crippen molar-refractivity contribution in [3.05, 3.63) is 54.1 Å². The molecule has 3 aromatic rings. The van der Waals surface area contributed by atoms with Crippen LogP contribution in [0.15, 0.2) is 42.9 Å². The minimum absolute atomic E-state index is 0.151. The molecule has 0 radical (unpaired) electrons. The van der Waals surface area contributed by atoms with Crippen molar-refractivity contribution in [2.24, 2.45) is 0 Å². The first-order chi connectivity index (χ1) is 13.6. The minimum Gasteiger partial charge on any atom is -0.482 e. The molecule has 2 unspecified atom stereocenters. The van der Waals surface area contributed by atoms with Gasteiger partial charge in [-0.3, -0.25) is 9.67 Å². The summed E-state index contributed by atoms with van der Waals surface area (Å²) in [5.41, 5.74) is 10.5. The molecule has 0 aliphatic carbocycles. The molecule has 1 fully saturated rings. The zero-order valence-corrected chi connectivity index (χ0v) is 15.9. The Hall–Kier alpha value is -2.93. The molecule has 2 atom stereocenters. The van der Waals surface area contributed by atoms with Crippen LogP contribution in [0.4, 0.5) is 5.82 Å². The molecule has 0 aromatic carbocycles. The summed E-state index contributed by atoms with van der Waals surface area (Å²) in [6, 6.07) is 8.03. The molecule has 3 aromatic heterocycles. The number of hydrogen-bond acceptors (Lipinski definition) is 6. The summed E-state index contributed by atoms with van der Waals surface area (Å²) >= 11 is 0. The average molecular weight is 376 g/mol. The summed E-state index contributed by atoms with van der Waals surface area (Å²) < 4.78 is 8.26. The van der Waals surface area contributed by atoms with E-state index in [0.717, 1.165) is 36.5 Å². The lowest BCUT2D eigenvalue weighted by molar-refractivity contribution is 0.227. The van der Waals surface area contributed by atoms with Gasteiger partial charge in [0.1, 0.15) is 6.10 Å². The summed E-state index contributed by atoms with van der Waals surface area (Å²) in [6.07, 6.45) is 7.48. The molecule has 1 saturated heterocycles. The van der Waals surface area contributed by atoms with Crippen molar-refractivity contribution in [1.29, 1.82) is 0 Å². The number of anilines is 1. The van der Waals surface area contributed by atoms with Crippen LogP contribution in [0, 0.1) is 0 Å².